The number of aromatic nitrogens is 2. The van der Waals surface area contributed by atoms with Crippen molar-refractivity contribution in [2.75, 3.05) is 6.61 Å². The Morgan fingerprint density at radius 1 is 1.20 bits per heavy atom. The molecule has 0 aliphatic heterocycles. The average molecular weight is 337 g/mol. The molecule has 1 heterocycles. The number of benzene rings is 2. The maximum absolute atomic E-state index is 10.3. The van der Waals surface area contributed by atoms with Gasteiger partial charge in [-0.1, -0.05) is 24.3 Å². The van der Waals surface area contributed by atoms with E-state index < -0.39 is 0 Å². The number of nitrogens with zero attached hydrogens (tertiary/aromatic N) is 2. The molecule has 0 fully saturated rings. The predicted molar refractivity (Wildman–Crippen MR) is 98.1 cm³/mol. The highest BCUT2D eigenvalue weighted by atomic mass is 16.5. The van der Waals surface area contributed by atoms with Gasteiger partial charge in [0, 0.05) is 36.2 Å². The van der Waals surface area contributed by atoms with Crippen LogP contribution in [-0.4, -0.2) is 21.3 Å². The molecule has 0 amide bonds. The minimum Gasteiger partial charge on any atom is -0.504 e. The zero-order chi connectivity index (χ0) is 17.6. The summed E-state index contributed by atoms with van der Waals surface area (Å²) in [5.41, 5.74) is 3.09. The Bertz CT molecular complexity index is 798. The number of phenols is 1. The minimum atomic E-state index is 0.159. The molecular weight excluding hydrogens is 314 g/mol. The van der Waals surface area contributed by atoms with Crippen LogP contribution in [0.3, 0.4) is 0 Å². The van der Waals surface area contributed by atoms with Gasteiger partial charge in [0.15, 0.2) is 11.5 Å². The molecule has 0 radical (unpaired) electrons. The second-order valence-corrected chi connectivity index (χ2v) is 5.86. The van der Waals surface area contributed by atoms with Gasteiger partial charge in [0.25, 0.3) is 0 Å². The molecule has 1 atom stereocenters. The standard InChI is InChI=1S/C20H23N3O2/c1-3-25-19-6-4-5-17(20(19)24)13-22-15(2)16-7-9-18(10-8-16)23-12-11-21-14-23/h4-12,14-15,22,24H,3,13H2,1-2H3/t15-/m1/s1. The van der Waals surface area contributed by atoms with Gasteiger partial charge in [0.05, 0.1) is 12.9 Å². The summed E-state index contributed by atoms with van der Waals surface area (Å²) in [4.78, 5) is 4.06. The fraction of sp³-hybridized carbons (Fsp3) is 0.250. The number of hydrogen-bond acceptors (Lipinski definition) is 4. The monoisotopic (exact) mass is 337 g/mol. The van der Waals surface area contributed by atoms with Gasteiger partial charge in [-0.15, -0.1) is 0 Å². The third-order valence-electron chi connectivity index (χ3n) is 4.18. The molecule has 0 aliphatic carbocycles. The van der Waals surface area contributed by atoms with Crippen LogP contribution in [0.5, 0.6) is 11.5 Å². The number of hydrogen-bond donors (Lipinski definition) is 2. The van der Waals surface area contributed by atoms with Crippen molar-refractivity contribution in [1.29, 1.82) is 0 Å². The van der Waals surface area contributed by atoms with Crippen LogP contribution in [0.2, 0.25) is 0 Å². The minimum absolute atomic E-state index is 0.159. The predicted octanol–water partition coefficient (Wildman–Crippen LogP) is 3.83. The van der Waals surface area contributed by atoms with Gasteiger partial charge >= 0.3 is 0 Å². The summed E-state index contributed by atoms with van der Waals surface area (Å²) in [6, 6.07) is 14.1. The lowest BCUT2D eigenvalue weighted by molar-refractivity contribution is 0.316. The summed E-state index contributed by atoms with van der Waals surface area (Å²) in [6.45, 7) is 5.11. The van der Waals surface area contributed by atoms with Crippen LogP contribution >= 0.6 is 0 Å². The van der Waals surface area contributed by atoms with E-state index in [2.05, 4.69) is 41.5 Å². The molecule has 5 heteroatoms. The number of ether oxygens (including phenoxy) is 1. The first-order chi connectivity index (χ1) is 12.2. The molecule has 2 N–H and O–H groups in total. The molecule has 3 rings (SSSR count). The maximum Gasteiger partial charge on any atom is 0.162 e. The van der Waals surface area contributed by atoms with E-state index in [4.69, 9.17) is 4.74 Å². The molecule has 0 spiro atoms. The van der Waals surface area contributed by atoms with E-state index in [1.807, 2.05) is 29.8 Å². The first-order valence-electron chi connectivity index (χ1n) is 8.44. The van der Waals surface area contributed by atoms with Gasteiger partial charge in [-0.3, -0.25) is 0 Å². The highest BCUT2D eigenvalue weighted by Gasteiger charge is 2.10. The van der Waals surface area contributed by atoms with Crippen LogP contribution in [-0.2, 0) is 6.54 Å². The van der Waals surface area contributed by atoms with E-state index >= 15 is 0 Å². The number of para-hydroxylation sites is 1. The van der Waals surface area contributed by atoms with Crippen LogP contribution in [0.25, 0.3) is 5.69 Å². The van der Waals surface area contributed by atoms with Crippen molar-refractivity contribution in [1.82, 2.24) is 14.9 Å². The molecule has 0 aliphatic rings. The number of rotatable bonds is 7. The fourth-order valence-corrected chi connectivity index (χ4v) is 2.71. The van der Waals surface area contributed by atoms with E-state index in [1.54, 1.807) is 18.6 Å². The van der Waals surface area contributed by atoms with Crippen LogP contribution < -0.4 is 10.1 Å². The lowest BCUT2D eigenvalue weighted by atomic mass is 10.1. The van der Waals surface area contributed by atoms with Crippen molar-refractivity contribution in [2.45, 2.75) is 26.4 Å². The van der Waals surface area contributed by atoms with Crippen LogP contribution in [0.4, 0.5) is 0 Å². The van der Waals surface area contributed by atoms with Crippen LogP contribution in [0.15, 0.2) is 61.2 Å². The molecule has 3 aromatic rings. The fourth-order valence-electron chi connectivity index (χ4n) is 2.71. The van der Waals surface area contributed by atoms with Crippen molar-refractivity contribution < 1.29 is 9.84 Å². The molecule has 0 bridgehead atoms. The Morgan fingerprint density at radius 3 is 2.68 bits per heavy atom. The van der Waals surface area contributed by atoms with Gasteiger partial charge in [0.1, 0.15) is 0 Å². The summed E-state index contributed by atoms with van der Waals surface area (Å²) in [6.07, 6.45) is 5.47. The van der Waals surface area contributed by atoms with Crippen molar-refractivity contribution in [3.05, 3.63) is 72.3 Å². The Labute approximate surface area is 147 Å². The Hall–Kier alpha value is -2.79. The van der Waals surface area contributed by atoms with E-state index in [0.717, 1.165) is 11.3 Å². The SMILES string of the molecule is CCOc1cccc(CN[C@H](C)c2ccc(-n3ccnc3)cc2)c1O. The molecule has 0 saturated heterocycles. The molecule has 5 nitrogen and oxygen atoms in total. The topological polar surface area (TPSA) is 59.3 Å². The Morgan fingerprint density at radius 2 is 2.00 bits per heavy atom. The Kier molecular flexibility index (Phi) is 5.36. The number of aromatic hydroxyl groups is 1. The summed E-state index contributed by atoms with van der Waals surface area (Å²) in [7, 11) is 0. The first-order valence-corrected chi connectivity index (χ1v) is 8.44. The first kappa shape index (κ1) is 17.0. The lowest BCUT2D eigenvalue weighted by Gasteiger charge is -2.16. The van der Waals surface area contributed by atoms with E-state index in [0.29, 0.717) is 18.9 Å². The van der Waals surface area contributed by atoms with Crippen molar-refractivity contribution in [3.63, 3.8) is 0 Å². The summed E-state index contributed by atoms with van der Waals surface area (Å²) < 4.78 is 7.40. The maximum atomic E-state index is 10.3. The van der Waals surface area contributed by atoms with Gasteiger partial charge in [0.2, 0.25) is 0 Å². The molecule has 2 aromatic carbocycles. The third kappa shape index (κ3) is 4.00. The number of nitrogens with one attached hydrogen (secondary N) is 1. The average Bonchev–Trinajstić information content (AvgIpc) is 3.17. The van der Waals surface area contributed by atoms with Crippen LogP contribution in [0.1, 0.15) is 31.0 Å². The molecule has 0 unspecified atom stereocenters. The van der Waals surface area contributed by atoms with E-state index in [9.17, 15) is 5.11 Å². The van der Waals surface area contributed by atoms with Crippen molar-refractivity contribution >= 4 is 0 Å². The van der Waals surface area contributed by atoms with Gasteiger partial charge in [-0.2, -0.15) is 0 Å². The smallest absolute Gasteiger partial charge is 0.162 e. The van der Waals surface area contributed by atoms with Gasteiger partial charge < -0.3 is 19.7 Å². The highest BCUT2D eigenvalue weighted by Crippen LogP contribution is 2.30. The van der Waals surface area contributed by atoms with Gasteiger partial charge in [-0.05, 0) is 37.6 Å². The molecule has 130 valence electrons. The second-order valence-electron chi connectivity index (χ2n) is 5.86. The summed E-state index contributed by atoms with van der Waals surface area (Å²) in [5.74, 6) is 0.735. The molecule has 0 saturated carbocycles. The molecule has 25 heavy (non-hydrogen) atoms. The quantitative estimate of drug-likeness (QED) is 0.688. The lowest BCUT2D eigenvalue weighted by Crippen LogP contribution is -2.18. The normalized spacial score (nSPS) is 12.1. The summed E-state index contributed by atoms with van der Waals surface area (Å²) >= 11 is 0. The number of phenolic OH excluding ortho intramolecular Hbond substituents is 1. The van der Waals surface area contributed by atoms with Crippen molar-refractivity contribution in [2.24, 2.45) is 0 Å². The van der Waals surface area contributed by atoms with Crippen LogP contribution in [0, 0.1) is 0 Å². The van der Waals surface area contributed by atoms with E-state index in [1.165, 1.54) is 5.56 Å². The third-order valence-corrected chi connectivity index (χ3v) is 4.18. The Balaban J connectivity index is 1.65. The second kappa shape index (κ2) is 7.85. The molecule has 1 aromatic heterocycles. The van der Waals surface area contributed by atoms with Crippen molar-refractivity contribution in [3.8, 4) is 17.2 Å². The molecular formula is C20H23N3O2. The largest absolute Gasteiger partial charge is 0.504 e. The van der Waals surface area contributed by atoms with Gasteiger partial charge in [-0.25, -0.2) is 4.98 Å². The zero-order valence-electron chi connectivity index (χ0n) is 14.5. The highest BCUT2D eigenvalue weighted by molar-refractivity contribution is 5.45. The number of imidazole rings is 1. The zero-order valence-corrected chi connectivity index (χ0v) is 14.5. The summed E-state index contributed by atoms with van der Waals surface area (Å²) in [5, 5.41) is 13.7. The van der Waals surface area contributed by atoms with E-state index in [-0.39, 0.29) is 11.8 Å².